The molecular formula is C80H107MnN9O14. The van der Waals surface area contributed by atoms with Gasteiger partial charge in [0.25, 0.3) is 36.1 Å². The Kier molecular flexibility index (Phi) is 33.6. The van der Waals surface area contributed by atoms with E-state index in [4.69, 9.17) is 33.2 Å². The fourth-order valence-electron chi connectivity index (χ4n) is 12.9. The Balaban J connectivity index is 0.000000272. The average Bonchev–Trinajstić information content (AvgIpc) is 0.759. The maximum atomic E-state index is 13.7. The molecule has 1 aliphatic heterocycles. The van der Waals surface area contributed by atoms with Crippen LogP contribution in [0.4, 0.5) is 0 Å². The second-order valence-corrected chi connectivity index (χ2v) is 27.9. The quantitative estimate of drug-likeness (QED) is 0.0189. The number of carbonyl (C=O) groups excluding carboxylic acids is 3. The van der Waals surface area contributed by atoms with Crippen molar-refractivity contribution in [1.82, 2.24) is 42.7 Å². The molecule has 104 heavy (non-hydrogen) atoms. The van der Waals surface area contributed by atoms with E-state index in [1.165, 1.54) is 39.5 Å². The molecule has 9 rings (SSSR count). The predicted octanol–water partition coefficient (Wildman–Crippen LogP) is 12.5. The van der Waals surface area contributed by atoms with E-state index in [9.17, 15) is 43.2 Å². The summed E-state index contributed by atoms with van der Waals surface area (Å²) in [6, 6.07) is 24.6. The molecule has 0 aliphatic carbocycles. The fourth-order valence-corrected chi connectivity index (χ4v) is 12.9. The van der Waals surface area contributed by atoms with Crippen LogP contribution in [0.15, 0.2) is 114 Å². The van der Waals surface area contributed by atoms with Crippen LogP contribution in [0.25, 0.3) is 55.6 Å². The summed E-state index contributed by atoms with van der Waals surface area (Å²) in [4.78, 5) is 121. The first-order chi connectivity index (χ1) is 50.1. The van der Waals surface area contributed by atoms with Gasteiger partial charge >= 0.3 is 39.6 Å². The third kappa shape index (κ3) is 21.2. The van der Waals surface area contributed by atoms with Crippen molar-refractivity contribution in [1.29, 1.82) is 0 Å². The molecule has 6 heterocycles. The number of benzene rings is 3. The zero-order valence-corrected chi connectivity index (χ0v) is 64.7. The van der Waals surface area contributed by atoms with Crippen LogP contribution < -0.4 is 39.1 Å². The SMILES string of the molecule is CC(C)CCC1=C(c2ccccc2C(C)C)NCc2c1c(=O)n(CCCOC=O)c(=O)n2C.CC(C)CCc1c(-c2ccccc2C(C)C)ncc2c1c(=O)n(CCCOC=O)c(=O)n2C.CC(C)CCc1c(-c2ccccc2C(C)C)ncc2c1c(=O)n(CCCOC=O)c(=O)n2C.[2H]CC.[O]=[Mn]=[O]. The predicted molar refractivity (Wildman–Crippen MR) is 405 cm³/mol. The summed E-state index contributed by atoms with van der Waals surface area (Å²) in [6.07, 6.45) is 9.28. The summed E-state index contributed by atoms with van der Waals surface area (Å²) in [5.74, 6) is 2.29. The zero-order valence-electron chi connectivity index (χ0n) is 64.5. The molecule has 0 fully saturated rings. The number of aryl methyl sites for hydroxylation is 4. The first-order valence-electron chi connectivity index (χ1n) is 36.5. The summed E-state index contributed by atoms with van der Waals surface area (Å²) in [6.45, 7) is 30.7. The first-order valence-corrected chi connectivity index (χ1v) is 36.8. The molecule has 0 atom stereocenters. The molecule has 0 saturated carbocycles. The van der Waals surface area contributed by atoms with Crippen molar-refractivity contribution in [3.8, 4) is 22.5 Å². The Bertz CT molecular complexity index is 4530. The Labute approximate surface area is 616 Å². The number of nitrogens with zero attached hydrogens (tertiary/aromatic N) is 8. The topological polar surface area (TPSA) is 283 Å². The van der Waals surface area contributed by atoms with Gasteiger partial charge in [-0.15, -0.1) is 0 Å². The van der Waals surface area contributed by atoms with Crippen LogP contribution in [-0.4, -0.2) is 76.6 Å². The number of hydrogen-bond donors (Lipinski definition) is 1. The van der Waals surface area contributed by atoms with Crippen molar-refractivity contribution in [2.24, 2.45) is 38.9 Å². The second-order valence-electron chi connectivity index (χ2n) is 27.7. The first kappa shape index (κ1) is 83.5. The summed E-state index contributed by atoms with van der Waals surface area (Å²) < 4.78 is 45.6. The van der Waals surface area contributed by atoms with Crippen molar-refractivity contribution >= 4 is 52.5 Å². The molecular weight excluding hydrogens is 1370 g/mol. The van der Waals surface area contributed by atoms with Gasteiger partial charge in [0.2, 0.25) is 0 Å². The van der Waals surface area contributed by atoms with Crippen molar-refractivity contribution in [2.75, 3.05) is 19.8 Å². The van der Waals surface area contributed by atoms with E-state index in [2.05, 4.69) is 125 Å². The van der Waals surface area contributed by atoms with Gasteiger partial charge in [0.1, 0.15) is 0 Å². The summed E-state index contributed by atoms with van der Waals surface area (Å²) >= 11 is -1.44. The van der Waals surface area contributed by atoms with Gasteiger partial charge < -0.3 is 19.5 Å². The van der Waals surface area contributed by atoms with Crippen LogP contribution >= 0.6 is 0 Å². The molecule has 23 nitrogen and oxygen atoms in total. The number of carbonyl (C=O) groups is 3. The number of rotatable bonds is 30. The number of hydrogen-bond acceptors (Lipinski definition) is 17. The van der Waals surface area contributed by atoms with E-state index in [1.54, 1.807) is 45.0 Å². The molecule has 0 bridgehead atoms. The van der Waals surface area contributed by atoms with E-state index in [0.29, 0.717) is 128 Å². The third-order valence-corrected chi connectivity index (χ3v) is 18.3. The maximum absolute atomic E-state index is 13.7. The van der Waals surface area contributed by atoms with E-state index in [1.807, 2.05) is 36.4 Å². The molecule has 8 aromatic rings. The van der Waals surface area contributed by atoms with Crippen LogP contribution in [0.2, 0.25) is 0 Å². The molecule has 5 aromatic heterocycles. The van der Waals surface area contributed by atoms with Gasteiger partial charge in [-0.25, -0.2) is 14.4 Å². The Morgan fingerprint density at radius 1 is 0.500 bits per heavy atom. The van der Waals surface area contributed by atoms with Gasteiger partial charge in [-0.1, -0.05) is 170 Å². The van der Waals surface area contributed by atoms with Gasteiger partial charge in [0.05, 0.1) is 83.2 Å². The molecule has 0 amide bonds. The minimum atomic E-state index is -1.44. The van der Waals surface area contributed by atoms with Gasteiger partial charge in [0.15, 0.2) is 0 Å². The number of aromatic nitrogens is 8. The Hall–Kier alpha value is -9.41. The molecule has 3 aromatic carbocycles. The average molecular weight is 1470 g/mol. The number of allylic oxidation sites excluding steroid dienone is 1. The van der Waals surface area contributed by atoms with Crippen molar-refractivity contribution in [3.05, 3.63) is 192 Å². The number of fused-ring (bicyclic) bond motifs is 3. The second kappa shape index (κ2) is 41.8. The number of nitrogens with one attached hydrogen (secondary N) is 1. The van der Waals surface area contributed by atoms with E-state index in [0.717, 1.165) is 81.9 Å². The summed E-state index contributed by atoms with van der Waals surface area (Å²) in [7, 11) is 5.05. The summed E-state index contributed by atoms with van der Waals surface area (Å²) in [5, 5.41) is 4.63. The fraction of sp³-hybridized carbons (Fsp3) is 0.487. The van der Waals surface area contributed by atoms with Gasteiger partial charge in [-0.2, -0.15) is 0 Å². The van der Waals surface area contributed by atoms with E-state index in [-0.39, 0.29) is 61.8 Å². The normalized spacial score (nSPS) is 11.8. The zero-order chi connectivity index (χ0) is 77.8. The standard InChI is InChI=1S/C26H35N3O4.2C26H33N3O4.C2H6.Mn.2O/c3*1-17(2)11-12-21-23-22(15-27-24(21)20-10-7-6-9-19(20)18(3)4)28(5)26(32)29(25(23)31)13-8-14-33-16-30;1-2;;;/h6-7,9-10,16-18,27H,8,11-15H2,1-5H3;2*6-7,9-10,15-18H,8,11-14H2,1-5H3;1-2H3;;;/i;;;1D;;;. The molecule has 1 aliphatic rings. The van der Waals surface area contributed by atoms with Crippen molar-refractivity contribution in [2.45, 2.75) is 199 Å². The van der Waals surface area contributed by atoms with Gasteiger partial charge in [0, 0.05) is 64.5 Å². The Morgan fingerprint density at radius 3 is 1.18 bits per heavy atom. The van der Waals surface area contributed by atoms with Crippen LogP contribution in [-0.2, 0) is 111 Å². The minimum absolute atomic E-state index is 0.153. The van der Waals surface area contributed by atoms with E-state index >= 15 is 0 Å². The summed E-state index contributed by atoms with van der Waals surface area (Å²) in [5.41, 5.74) is 12.4. The number of ether oxygens (including phenoxy) is 3. The van der Waals surface area contributed by atoms with E-state index < -0.39 is 26.2 Å². The Morgan fingerprint density at radius 2 is 0.827 bits per heavy atom. The molecule has 563 valence electrons. The van der Waals surface area contributed by atoms with Crippen molar-refractivity contribution in [3.63, 3.8) is 0 Å². The van der Waals surface area contributed by atoms with Crippen molar-refractivity contribution < 1.29 is 52.5 Å². The van der Waals surface area contributed by atoms with Gasteiger partial charge in [-0.05, 0) is 127 Å². The van der Waals surface area contributed by atoms with Crippen LogP contribution in [0.5, 0.6) is 0 Å². The van der Waals surface area contributed by atoms with Crippen LogP contribution in [0.3, 0.4) is 0 Å². The molecule has 24 heteroatoms. The number of pyridine rings is 2. The third-order valence-electron chi connectivity index (χ3n) is 18.3. The molecule has 0 saturated heterocycles. The monoisotopic (exact) mass is 1470 g/mol. The van der Waals surface area contributed by atoms with Gasteiger partial charge in [-0.3, -0.25) is 66.1 Å². The van der Waals surface area contributed by atoms with Crippen LogP contribution in [0, 0.1) is 17.8 Å². The molecule has 1 N–H and O–H groups in total. The molecule has 0 unspecified atom stereocenters. The van der Waals surface area contributed by atoms with Crippen LogP contribution in [0.1, 0.15) is 206 Å². The molecule has 0 radical (unpaired) electrons. The molecule has 0 spiro atoms.